The maximum absolute atomic E-state index is 12.4. The summed E-state index contributed by atoms with van der Waals surface area (Å²) in [5.41, 5.74) is 0. The Morgan fingerprint density at radius 2 is 1.80 bits per heavy atom. The fourth-order valence-corrected chi connectivity index (χ4v) is 2.63. The third kappa shape index (κ3) is 2.47. The van der Waals surface area contributed by atoms with Gasteiger partial charge in [0.2, 0.25) is 0 Å². The number of rotatable bonds is 2. The molecule has 2 heterocycles. The van der Waals surface area contributed by atoms with Crippen LogP contribution in [0.2, 0.25) is 0 Å². The molecular weight excluding hydrogens is 275 g/mol. The maximum Gasteiger partial charge on any atom is 0.402 e. The average Bonchev–Trinajstić information content (AvgIpc) is 2.38. The lowest BCUT2D eigenvalue weighted by molar-refractivity contribution is -0.135. The van der Waals surface area contributed by atoms with E-state index in [0.717, 1.165) is 12.8 Å². The van der Waals surface area contributed by atoms with E-state index >= 15 is 0 Å². The molecule has 2 aliphatic heterocycles. The molecule has 88 valence electrons. The van der Waals surface area contributed by atoms with Gasteiger partial charge in [-0.2, -0.15) is 13.2 Å². The molecule has 6 heteroatoms. The largest absolute Gasteiger partial charge is 0.402 e. The Morgan fingerprint density at radius 3 is 2.27 bits per heavy atom. The van der Waals surface area contributed by atoms with Crippen molar-refractivity contribution >= 4 is 15.9 Å². The van der Waals surface area contributed by atoms with Crippen LogP contribution in [0.5, 0.6) is 0 Å². The van der Waals surface area contributed by atoms with Gasteiger partial charge in [-0.1, -0.05) is 15.9 Å². The second-order valence-corrected chi connectivity index (χ2v) is 5.23. The molecule has 2 nitrogen and oxygen atoms in total. The molecule has 3 atom stereocenters. The van der Waals surface area contributed by atoms with Crippen LogP contribution in [0, 0.1) is 0 Å². The van der Waals surface area contributed by atoms with Crippen LogP contribution in [0.1, 0.15) is 12.8 Å². The summed E-state index contributed by atoms with van der Waals surface area (Å²) in [6.45, 7) is 1.20. The third-order valence-electron chi connectivity index (χ3n) is 3.12. The summed E-state index contributed by atoms with van der Waals surface area (Å²) < 4.78 is 42.4. The first kappa shape index (κ1) is 11.7. The highest BCUT2D eigenvalue weighted by atomic mass is 79.9. The minimum absolute atomic E-state index is 0.0438. The molecule has 3 unspecified atom stereocenters. The van der Waals surface area contributed by atoms with Gasteiger partial charge in [0.15, 0.2) is 0 Å². The standard InChI is InChI=1S/C9H13BrF3NO/c10-8(9(11,12)13)3-14-6-1-2-7(14)5-15-4-6/h6-8H,1-5H2. The minimum atomic E-state index is -4.16. The maximum atomic E-state index is 12.4. The first-order valence-electron chi connectivity index (χ1n) is 5.03. The van der Waals surface area contributed by atoms with Crippen molar-refractivity contribution in [3.63, 3.8) is 0 Å². The lowest BCUT2D eigenvalue weighted by Crippen LogP contribution is -2.50. The Morgan fingerprint density at radius 1 is 1.27 bits per heavy atom. The molecule has 0 spiro atoms. The number of hydrogen-bond acceptors (Lipinski definition) is 2. The van der Waals surface area contributed by atoms with Crippen LogP contribution in [0.4, 0.5) is 13.2 Å². The number of hydrogen-bond donors (Lipinski definition) is 0. The molecule has 0 aromatic rings. The van der Waals surface area contributed by atoms with E-state index in [1.807, 2.05) is 4.90 Å². The summed E-state index contributed by atoms with van der Waals surface area (Å²) in [4.78, 5) is 0.516. The van der Waals surface area contributed by atoms with E-state index in [0.29, 0.717) is 13.2 Å². The Labute approximate surface area is 94.9 Å². The molecular formula is C9H13BrF3NO. The monoisotopic (exact) mass is 287 g/mol. The van der Waals surface area contributed by atoms with E-state index < -0.39 is 11.0 Å². The van der Waals surface area contributed by atoms with Crippen molar-refractivity contribution in [2.45, 2.75) is 35.9 Å². The highest BCUT2D eigenvalue weighted by Gasteiger charge is 2.44. The molecule has 0 aromatic heterocycles. The van der Waals surface area contributed by atoms with Crippen LogP contribution in [-0.4, -0.2) is 47.7 Å². The van der Waals surface area contributed by atoms with Crippen LogP contribution in [0.15, 0.2) is 0 Å². The second-order valence-electron chi connectivity index (χ2n) is 4.13. The summed E-state index contributed by atoms with van der Waals surface area (Å²) >= 11 is 2.71. The van der Waals surface area contributed by atoms with Crippen LogP contribution >= 0.6 is 15.9 Å². The second kappa shape index (κ2) is 4.22. The van der Waals surface area contributed by atoms with E-state index in [1.165, 1.54) is 0 Å². The van der Waals surface area contributed by atoms with E-state index in [9.17, 15) is 13.2 Å². The summed E-state index contributed by atoms with van der Waals surface area (Å²) in [6.07, 6.45) is -2.23. The zero-order valence-electron chi connectivity index (χ0n) is 8.13. The Hall–Kier alpha value is 0.190. The number of halogens is 4. The number of fused-ring (bicyclic) bond motifs is 2. The molecule has 2 saturated heterocycles. The lowest BCUT2D eigenvalue weighted by atomic mass is 10.2. The van der Waals surface area contributed by atoms with Gasteiger partial charge in [0.05, 0.1) is 13.2 Å². The average molecular weight is 288 g/mol. The molecule has 0 radical (unpaired) electrons. The Balaban J connectivity index is 1.95. The normalized spacial score (nSPS) is 34.4. The molecule has 2 fully saturated rings. The van der Waals surface area contributed by atoms with Crippen LogP contribution in [-0.2, 0) is 4.74 Å². The van der Waals surface area contributed by atoms with Crippen molar-refractivity contribution < 1.29 is 17.9 Å². The summed E-state index contributed by atoms with van der Waals surface area (Å²) in [7, 11) is 0. The van der Waals surface area contributed by atoms with Gasteiger partial charge in [-0.05, 0) is 12.8 Å². The summed E-state index contributed by atoms with van der Waals surface area (Å²) in [6, 6.07) is 0.372. The SMILES string of the molecule is FC(F)(F)C(Br)CN1C2CCC1COC2. The van der Waals surface area contributed by atoms with E-state index in [-0.39, 0.29) is 18.6 Å². The number of morpholine rings is 1. The molecule has 0 aromatic carbocycles. The summed E-state index contributed by atoms with van der Waals surface area (Å²) in [5, 5.41) is 0. The quantitative estimate of drug-likeness (QED) is 0.722. The zero-order valence-corrected chi connectivity index (χ0v) is 9.72. The molecule has 2 bridgehead atoms. The highest BCUT2D eigenvalue weighted by Crippen LogP contribution is 2.33. The summed E-state index contributed by atoms with van der Waals surface area (Å²) in [5.74, 6) is 0. The van der Waals surface area contributed by atoms with E-state index in [2.05, 4.69) is 15.9 Å². The van der Waals surface area contributed by atoms with Crippen molar-refractivity contribution in [2.24, 2.45) is 0 Å². The zero-order chi connectivity index (χ0) is 11.1. The van der Waals surface area contributed by atoms with Crippen molar-refractivity contribution in [2.75, 3.05) is 19.8 Å². The third-order valence-corrected chi connectivity index (χ3v) is 3.93. The fourth-order valence-electron chi connectivity index (χ4n) is 2.30. The Kier molecular flexibility index (Phi) is 3.28. The predicted molar refractivity (Wildman–Crippen MR) is 53.1 cm³/mol. The molecule has 2 aliphatic rings. The van der Waals surface area contributed by atoms with E-state index in [4.69, 9.17) is 4.74 Å². The van der Waals surface area contributed by atoms with Crippen molar-refractivity contribution in [1.29, 1.82) is 0 Å². The van der Waals surface area contributed by atoms with E-state index in [1.54, 1.807) is 0 Å². The van der Waals surface area contributed by atoms with Crippen LogP contribution in [0.3, 0.4) is 0 Å². The van der Waals surface area contributed by atoms with Gasteiger partial charge in [0, 0.05) is 18.6 Å². The van der Waals surface area contributed by atoms with Gasteiger partial charge in [0.1, 0.15) is 4.83 Å². The highest BCUT2D eigenvalue weighted by molar-refractivity contribution is 9.09. The van der Waals surface area contributed by atoms with Crippen molar-refractivity contribution in [1.82, 2.24) is 4.90 Å². The Bertz CT molecular complexity index is 220. The number of alkyl halides is 4. The molecule has 0 amide bonds. The van der Waals surface area contributed by atoms with Gasteiger partial charge in [-0.15, -0.1) is 0 Å². The predicted octanol–water partition coefficient (Wildman–Crippen LogP) is 2.18. The molecule has 0 saturated carbocycles. The van der Waals surface area contributed by atoms with Gasteiger partial charge < -0.3 is 4.74 Å². The lowest BCUT2D eigenvalue weighted by Gasteiger charge is -2.36. The molecule has 15 heavy (non-hydrogen) atoms. The first-order valence-corrected chi connectivity index (χ1v) is 5.94. The van der Waals surface area contributed by atoms with Crippen molar-refractivity contribution in [3.05, 3.63) is 0 Å². The minimum Gasteiger partial charge on any atom is -0.378 e. The van der Waals surface area contributed by atoms with Gasteiger partial charge in [-0.25, -0.2) is 0 Å². The van der Waals surface area contributed by atoms with Gasteiger partial charge in [0.25, 0.3) is 0 Å². The topological polar surface area (TPSA) is 12.5 Å². The van der Waals surface area contributed by atoms with Gasteiger partial charge >= 0.3 is 6.18 Å². The smallest absolute Gasteiger partial charge is 0.378 e. The van der Waals surface area contributed by atoms with Crippen LogP contribution < -0.4 is 0 Å². The van der Waals surface area contributed by atoms with Gasteiger partial charge in [-0.3, -0.25) is 4.90 Å². The number of nitrogens with zero attached hydrogens (tertiary/aromatic N) is 1. The molecule has 2 rings (SSSR count). The number of ether oxygens (including phenoxy) is 1. The van der Waals surface area contributed by atoms with Crippen LogP contribution in [0.25, 0.3) is 0 Å². The fraction of sp³-hybridized carbons (Fsp3) is 1.00. The molecule has 0 N–H and O–H groups in total. The van der Waals surface area contributed by atoms with Crippen molar-refractivity contribution in [3.8, 4) is 0 Å². The molecule has 0 aliphatic carbocycles. The first-order chi connectivity index (χ1) is 6.98.